The zero-order valence-corrected chi connectivity index (χ0v) is 17.1. The first-order valence-corrected chi connectivity index (χ1v) is 8.92. The largest absolute Gasteiger partial charge is 0.296 e. The van der Waals surface area contributed by atoms with Gasteiger partial charge >= 0.3 is 0 Å². The maximum Gasteiger partial charge on any atom is 0.296 e. The van der Waals surface area contributed by atoms with Crippen LogP contribution < -0.4 is 0 Å². The predicted molar refractivity (Wildman–Crippen MR) is 83.4 cm³/mol. The molecule has 0 fully saturated rings. The summed E-state index contributed by atoms with van der Waals surface area (Å²) in [7, 11) is -9.66. The van der Waals surface area contributed by atoms with Gasteiger partial charge in [0.25, 0.3) is 20.2 Å². The first-order chi connectivity index (χ1) is 9.53. The zero-order valence-electron chi connectivity index (χ0n) is 12.3. The second-order valence-electron chi connectivity index (χ2n) is 4.95. The fourth-order valence-corrected chi connectivity index (χ4v) is 4.65. The van der Waals surface area contributed by atoms with Crippen LogP contribution in [0.1, 0.15) is 25.3 Å². The standard InChI is InChI=1S/C13H14O6S2.K/c1-8(2)11-7-9-5-3-4-6-10(9)12(20(14,15)16)13(11)21(17,18)19;/h3-8H,1-2H3,(H,14,15,16)(H,17,18,19);. The van der Waals surface area contributed by atoms with E-state index in [0.29, 0.717) is 5.39 Å². The summed E-state index contributed by atoms with van der Waals surface area (Å²) in [5.41, 5.74) is 0.129. The molecular formula is C13H14KO6S2. The third-order valence-electron chi connectivity index (χ3n) is 3.12. The molecule has 0 saturated carbocycles. The molecule has 2 N–H and O–H groups in total. The molecule has 1 radical (unpaired) electrons. The molecule has 6 nitrogen and oxygen atoms in total. The van der Waals surface area contributed by atoms with Gasteiger partial charge < -0.3 is 0 Å². The Bertz CT molecular complexity index is 917. The summed E-state index contributed by atoms with van der Waals surface area (Å²) in [6, 6.07) is 7.64. The monoisotopic (exact) mass is 369 g/mol. The van der Waals surface area contributed by atoms with Crippen LogP contribution in [0.4, 0.5) is 0 Å². The topological polar surface area (TPSA) is 109 Å². The van der Waals surface area contributed by atoms with E-state index in [4.69, 9.17) is 0 Å². The van der Waals surface area contributed by atoms with Crippen LogP contribution in [0.5, 0.6) is 0 Å². The Morgan fingerprint density at radius 2 is 1.41 bits per heavy atom. The van der Waals surface area contributed by atoms with E-state index in [-0.39, 0.29) is 68.3 Å². The molecule has 0 aliphatic rings. The summed E-state index contributed by atoms with van der Waals surface area (Å²) in [6.45, 7) is 3.32. The Kier molecular flexibility index (Phi) is 6.39. The molecule has 0 bridgehead atoms. The van der Waals surface area contributed by atoms with Crippen LogP contribution in [-0.2, 0) is 20.2 Å². The van der Waals surface area contributed by atoms with Crippen molar-refractivity contribution in [3.63, 3.8) is 0 Å². The third kappa shape index (κ3) is 3.97. The van der Waals surface area contributed by atoms with Gasteiger partial charge in [0, 0.05) is 56.8 Å². The fraction of sp³-hybridized carbons (Fsp3) is 0.231. The van der Waals surface area contributed by atoms with Crippen molar-refractivity contribution < 1.29 is 25.9 Å². The number of fused-ring (bicyclic) bond motifs is 1. The molecule has 0 unspecified atom stereocenters. The first-order valence-electron chi connectivity index (χ1n) is 6.04. The van der Waals surface area contributed by atoms with Crippen LogP contribution in [0.2, 0.25) is 0 Å². The van der Waals surface area contributed by atoms with E-state index in [0.717, 1.165) is 0 Å². The molecule has 2 aromatic rings. The SMILES string of the molecule is CC(C)c1cc2ccccc2c(S(=O)(=O)O)c1S(=O)(=O)O.[K]. The Labute approximate surface area is 171 Å². The molecule has 0 amide bonds. The molecule has 0 spiro atoms. The molecule has 0 aliphatic carbocycles. The molecule has 2 rings (SSSR count). The Morgan fingerprint density at radius 1 is 0.909 bits per heavy atom. The van der Waals surface area contributed by atoms with Gasteiger partial charge in [-0.25, -0.2) is 0 Å². The van der Waals surface area contributed by atoms with Crippen LogP contribution in [0, 0.1) is 0 Å². The van der Waals surface area contributed by atoms with Crippen molar-refractivity contribution in [3.05, 3.63) is 35.9 Å². The quantitative estimate of drug-likeness (QED) is 0.633. The fourth-order valence-electron chi connectivity index (χ4n) is 2.27. The number of benzene rings is 2. The molecule has 0 aromatic heterocycles. The van der Waals surface area contributed by atoms with E-state index < -0.39 is 30.0 Å². The van der Waals surface area contributed by atoms with Gasteiger partial charge in [-0.1, -0.05) is 38.1 Å². The predicted octanol–water partition coefficient (Wildman–Crippen LogP) is 2.08. The van der Waals surface area contributed by atoms with E-state index in [1.165, 1.54) is 18.2 Å². The van der Waals surface area contributed by atoms with Crippen molar-refractivity contribution in [2.45, 2.75) is 29.6 Å². The summed E-state index contributed by atoms with van der Waals surface area (Å²) in [5.74, 6) is -0.368. The van der Waals surface area contributed by atoms with Gasteiger partial charge in [-0.3, -0.25) is 9.11 Å². The van der Waals surface area contributed by atoms with E-state index in [1.807, 2.05) is 0 Å². The molecule has 22 heavy (non-hydrogen) atoms. The molecule has 0 saturated heterocycles. The minimum absolute atomic E-state index is 0. The van der Waals surface area contributed by atoms with Crippen molar-refractivity contribution in [1.29, 1.82) is 0 Å². The van der Waals surface area contributed by atoms with Crippen LogP contribution in [0.25, 0.3) is 10.8 Å². The number of hydrogen-bond acceptors (Lipinski definition) is 4. The Hall–Kier alpha value is 0.156. The van der Waals surface area contributed by atoms with E-state index >= 15 is 0 Å². The smallest absolute Gasteiger partial charge is 0.282 e. The van der Waals surface area contributed by atoms with E-state index in [2.05, 4.69) is 0 Å². The normalized spacial score (nSPS) is 12.4. The van der Waals surface area contributed by atoms with Gasteiger partial charge in [0.2, 0.25) is 0 Å². The van der Waals surface area contributed by atoms with Crippen molar-refractivity contribution >= 4 is 82.4 Å². The van der Waals surface area contributed by atoms with Crippen molar-refractivity contribution in [1.82, 2.24) is 0 Å². The van der Waals surface area contributed by atoms with Gasteiger partial charge in [-0.15, -0.1) is 0 Å². The second kappa shape index (κ2) is 6.95. The van der Waals surface area contributed by atoms with Gasteiger partial charge in [0.05, 0.1) is 0 Å². The molecule has 0 aliphatic heterocycles. The average Bonchev–Trinajstić information content (AvgIpc) is 2.33. The number of hydrogen-bond donors (Lipinski definition) is 2. The van der Waals surface area contributed by atoms with Gasteiger partial charge in [0.1, 0.15) is 9.79 Å². The van der Waals surface area contributed by atoms with Gasteiger partial charge in [-0.2, -0.15) is 16.8 Å². The number of rotatable bonds is 3. The Balaban J connectivity index is 0.00000242. The van der Waals surface area contributed by atoms with Crippen molar-refractivity contribution in [2.24, 2.45) is 0 Å². The maximum atomic E-state index is 11.7. The van der Waals surface area contributed by atoms with Gasteiger partial charge in [0.15, 0.2) is 0 Å². The minimum Gasteiger partial charge on any atom is -0.282 e. The van der Waals surface area contributed by atoms with Crippen LogP contribution in [-0.4, -0.2) is 77.3 Å². The molecule has 2 aromatic carbocycles. The summed E-state index contributed by atoms with van der Waals surface area (Å²) in [5, 5.41) is 0.498. The van der Waals surface area contributed by atoms with E-state index in [9.17, 15) is 25.9 Å². The summed E-state index contributed by atoms with van der Waals surface area (Å²) in [4.78, 5) is -1.55. The van der Waals surface area contributed by atoms with Gasteiger partial charge in [-0.05, 0) is 22.9 Å². The molecule has 0 heterocycles. The second-order valence-corrected chi connectivity index (χ2v) is 7.67. The maximum absolute atomic E-state index is 11.7. The van der Waals surface area contributed by atoms with Crippen molar-refractivity contribution in [2.75, 3.05) is 0 Å². The van der Waals surface area contributed by atoms with Crippen LogP contribution in [0.15, 0.2) is 40.1 Å². The first kappa shape index (κ1) is 20.2. The zero-order chi connectivity index (χ0) is 16.0. The van der Waals surface area contributed by atoms with Crippen LogP contribution in [0.3, 0.4) is 0 Å². The van der Waals surface area contributed by atoms with E-state index in [1.54, 1.807) is 26.0 Å². The average molecular weight is 369 g/mol. The molecule has 0 atom stereocenters. The minimum atomic E-state index is -4.84. The summed E-state index contributed by atoms with van der Waals surface area (Å²) >= 11 is 0. The van der Waals surface area contributed by atoms with Crippen LogP contribution >= 0.6 is 0 Å². The molecular weight excluding hydrogens is 355 g/mol. The molecule has 9 heteroatoms. The summed E-state index contributed by atoms with van der Waals surface area (Å²) in [6.07, 6.45) is 0. The van der Waals surface area contributed by atoms with Crippen molar-refractivity contribution in [3.8, 4) is 0 Å². The molecule has 115 valence electrons. The third-order valence-corrected chi connectivity index (χ3v) is 5.15. The summed E-state index contributed by atoms with van der Waals surface area (Å²) < 4.78 is 65.5. The Morgan fingerprint density at radius 3 is 1.86 bits per heavy atom.